The van der Waals surface area contributed by atoms with Gasteiger partial charge in [-0.15, -0.1) is 0 Å². The van der Waals surface area contributed by atoms with E-state index in [-0.39, 0.29) is 24.7 Å². The zero-order chi connectivity index (χ0) is 18.7. The number of benzene rings is 2. The highest BCUT2D eigenvalue weighted by molar-refractivity contribution is 6.01. The average Bonchev–Trinajstić information content (AvgIpc) is 2.60. The molecule has 2 aromatic carbocycles. The number of anilines is 1. The van der Waals surface area contributed by atoms with Gasteiger partial charge in [-0.05, 0) is 29.7 Å². The minimum atomic E-state index is -1.000. The van der Waals surface area contributed by atoms with Crippen molar-refractivity contribution >= 4 is 23.5 Å². The molecule has 134 valence electrons. The minimum Gasteiger partial charge on any atom is -0.481 e. The third-order valence-corrected chi connectivity index (χ3v) is 4.58. The zero-order valence-electron chi connectivity index (χ0n) is 14.4. The van der Waals surface area contributed by atoms with Gasteiger partial charge in [0.25, 0.3) is 0 Å². The molecule has 0 unspecified atom stereocenters. The lowest BCUT2D eigenvalue weighted by molar-refractivity contribution is -0.138. The highest BCUT2D eigenvalue weighted by atomic mass is 16.4. The molecule has 0 saturated carbocycles. The molecule has 0 bridgehead atoms. The highest BCUT2D eigenvalue weighted by Crippen LogP contribution is 2.33. The topological polar surface area (TPSA) is 95.5 Å². The largest absolute Gasteiger partial charge is 0.481 e. The van der Waals surface area contributed by atoms with Crippen LogP contribution in [0.4, 0.5) is 5.69 Å². The number of fused-ring (bicyclic) bond motifs is 1. The second kappa shape index (κ2) is 7.39. The Labute approximate surface area is 151 Å². The van der Waals surface area contributed by atoms with Crippen molar-refractivity contribution in [2.24, 2.45) is 0 Å². The summed E-state index contributed by atoms with van der Waals surface area (Å²) in [5.41, 5.74) is 3.02. The first-order valence-corrected chi connectivity index (χ1v) is 8.42. The van der Waals surface area contributed by atoms with E-state index in [4.69, 9.17) is 0 Å². The SMILES string of the molecule is Cc1ccccc1[C@H](CC(=O)O)NC(=O)[C@H]1CC(=O)Nc2ccccc21. The molecule has 3 N–H and O–H groups in total. The van der Waals surface area contributed by atoms with Gasteiger partial charge >= 0.3 is 5.97 Å². The summed E-state index contributed by atoms with van der Waals surface area (Å²) in [6.07, 6.45) is -0.187. The van der Waals surface area contributed by atoms with E-state index in [1.807, 2.05) is 37.3 Å². The van der Waals surface area contributed by atoms with Crippen LogP contribution < -0.4 is 10.6 Å². The van der Waals surface area contributed by atoms with Gasteiger partial charge < -0.3 is 15.7 Å². The van der Waals surface area contributed by atoms with Crippen LogP contribution in [0.5, 0.6) is 0 Å². The fourth-order valence-corrected chi connectivity index (χ4v) is 3.31. The number of hydrogen-bond donors (Lipinski definition) is 3. The maximum atomic E-state index is 12.9. The summed E-state index contributed by atoms with van der Waals surface area (Å²) >= 11 is 0. The maximum Gasteiger partial charge on any atom is 0.305 e. The van der Waals surface area contributed by atoms with E-state index in [1.165, 1.54) is 0 Å². The van der Waals surface area contributed by atoms with Gasteiger partial charge in [-0.2, -0.15) is 0 Å². The predicted molar refractivity (Wildman–Crippen MR) is 96.7 cm³/mol. The molecule has 1 aliphatic rings. The Bertz CT molecular complexity index is 862. The Morgan fingerprint density at radius 2 is 1.88 bits per heavy atom. The van der Waals surface area contributed by atoms with Gasteiger partial charge in [0, 0.05) is 12.1 Å². The van der Waals surface area contributed by atoms with Crippen molar-refractivity contribution < 1.29 is 19.5 Å². The normalized spacial score (nSPS) is 17.0. The Morgan fingerprint density at radius 3 is 2.62 bits per heavy atom. The van der Waals surface area contributed by atoms with Crippen LogP contribution in [0.25, 0.3) is 0 Å². The van der Waals surface area contributed by atoms with E-state index >= 15 is 0 Å². The second-order valence-electron chi connectivity index (χ2n) is 6.41. The number of carboxylic acid groups (broad SMARTS) is 1. The number of amides is 2. The zero-order valence-corrected chi connectivity index (χ0v) is 14.4. The van der Waals surface area contributed by atoms with Crippen molar-refractivity contribution in [3.05, 3.63) is 65.2 Å². The number of carbonyl (C=O) groups is 3. The molecule has 2 atom stereocenters. The number of aryl methyl sites for hydroxylation is 1. The first kappa shape index (κ1) is 17.7. The molecule has 0 aliphatic carbocycles. The van der Waals surface area contributed by atoms with Crippen LogP contribution in [0.15, 0.2) is 48.5 Å². The molecule has 0 saturated heterocycles. The summed E-state index contributed by atoms with van der Waals surface area (Å²) in [5.74, 6) is -2.21. The Balaban J connectivity index is 1.88. The number of para-hydroxylation sites is 1. The van der Waals surface area contributed by atoms with Crippen LogP contribution in [0.2, 0.25) is 0 Å². The molecule has 2 amide bonds. The molecule has 0 spiro atoms. The van der Waals surface area contributed by atoms with Crippen LogP contribution in [0, 0.1) is 6.92 Å². The predicted octanol–water partition coefficient (Wildman–Crippen LogP) is 2.75. The standard InChI is InChI=1S/C20H20N2O4/c1-12-6-2-3-7-13(12)17(11-19(24)25)22-20(26)15-10-18(23)21-16-9-5-4-8-14(15)16/h2-9,15,17H,10-11H2,1H3,(H,21,23)(H,22,26)(H,24,25)/t15-,17-/m0/s1. The fraction of sp³-hybridized carbons (Fsp3) is 0.250. The molecule has 2 aromatic rings. The van der Waals surface area contributed by atoms with E-state index < -0.39 is 17.9 Å². The third kappa shape index (κ3) is 3.74. The lowest BCUT2D eigenvalue weighted by Crippen LogP contribution is -2.38. The first-order chi connectivity index (χ1) is 12.5. The van der Waals surface area contributed by atoms with E-state index in [9.17, 15) is 19.5 Å². The molecular weight excluding hydrogens is 332 g/mol. The number of rotatable bonds is 5. The number of hydrogen-bond acceptors (Lipinski definition) is 3. The van der Waals surface area contributed by atoms with Gasteiger partial charge in [0.05, 0.1) is 18.4 Å². The average molecular weight is 352 g/mol. The Hall–Kier alpha value is -3.15. The summed E-state index contributed by atoms with van der Waals surface area (Å²) < 4.78 is 0. The minimum absolute atomic E-state index is 0.0381. The van der Waals surface area contributed by atoms with Gasteiger partial charge in [0.15, 0.2) is 0 Å². The third-order valence-electron chi connectivity index (χ3n) is 4.58. The van der Waals surface area contributed by atoms with Crippen molar-refractivity contribution in [2.45, 2.75) is 31.7 Å². The van der Waals surface area contributed by atoms with Crippen molar-refractivity contribution in [3.63, 3.8) is 0 Å². The van der Waals surface area contributed by atoms with E-state index in [0.29, 0.717) is 5.69 Å². The maximum absolute atomic E-state index is 12.9. The number of aliphatic carboxylic acids is 1. The Morgan fingerprint density at radius 1 is 1.19 bits per heavy atom. The first-order valence-electron chi connectivity index (χ1n) is 8.42. The van der Waals surface area contributed by atoms with E-state index in [1.54, 1.807) is 18.2 Å². The van der Waals surface area contributed by atoms with Crippen LogP contribution in [-0.4, -0.2) is 22.9 Å². The van der Waals surface area contributed by atoms with Gasteiger partial charge in [-0.25, -0.2) is 0 Å². The molecule has 1 aliphatic heterocycles. The summed E-state index contributed by atoms with van der Waals surface area (Å²) in [5, 5.41) is 14.8. The molecule has 6 nitrogen and oxygen atoms in total. The molecule has 0 radical (unpaired) electrons. The molecule has 0 aromatic heterocycles. The lowest BCUT2D eigenvalue weighted by atomic mass is 9.89. The molecule has 0 fully saturated rings. The fourth-order valence-electron chi connectivity index (χ4n) is 3.31. The van der Waals surface area contributed by atoms with Crippen LogP contribution in [0.1, 0.15) is 41.5 Å². The van der Waals surface area contributed by atoms with Crippen molar-refractivity contribution in [1.82, 2.24) is 5.32 Å². The van der Waals surface area contributed by atoms with E-state index in [2.05, 4.69) is 10.6 Å². The quantitative estimate of drug-likeness (QED) is 0.771. The molecule has 3 rings (SSSR count). The summed E-state index contributed by atoms with van der Waals surface area (Å²) in [7, 11) is 0. The molecule has 6 heteroatoms. The lowest BCUT2D eigenvalue weighted by Gasteiger charge is -2.27. The van der Waals surface area contributed by atoms with Crippen molar-refractivity contribution in [2.75, 3.05) is 5.32 Å². The second-order valence-corrected chi connectivity index (χ2v) is 6.41. The molecule has 26 heavy (non-hydrogen) atoms. The number of carboxylic acids is 1. The van der Waals surface area contributed by atoms with E-state index in [0.717, 1.165) is 16.7 Å². The van der Waals surface area contributed by atoms with Gasteiger partial charge in [-0.3, -0.25) is 14.4 Å². The monoisotopic (exact) mass is 352 g/mol. The number of nitrogens with one attached hydrogen (secondary N) is 2. The Kier molecular flexibility index (Phi) is 5.02. The number of carbonyl (C=O) groups excluding carboxylic acids is 2. The van der Waals surface area contributed by atoms with Crippen molar-refractivity contribution in [3.8, 4) is 0 Å². The van der Waals surface area contributed by atoms with Crippen molar-refractivity contribution in [1.29, 1.82) is 0 Å². The van der Waals surface area contributed by atoms with Crippen LogP contribution in [0.3, 0.4) is 0 Å². The highest BCUT2D eigenvalue weighted by Gasteiger charge is 2.32. The van der Waals surface area contributed by atoms with Gasteiger partial charge in [-0.1, -0.05) is 42.5 Å². The summed E-state index contributed by atoms with van der Waals surface area (Å²) in [4.78, 5) is 36.1. The summed E-state index contributed by atoms with van der Waals surface area (Å²) in [6.45, 7) is 1.87. The smallest absolute Gasteiger partial charge is 0.305 e. The van der Waals surface area contributed by atoms with Crippen LogP contribution in [-0.2, 0) is 14.4 Å². The summed E-state index contributed by atoms with van der Waals surface area (Å²) in [6, 6.07) is 13.9. The molecule has 1 heterocycles. The van der Waals surface area contributed by atoms with Gasteiger partial charge in [0.2, 0.25) is 11.8 Å². The molecular formula is C20H20N2O4. The van der Waals surface area contributed by atoms with Crippen LogP contribution >= 0.6 is 0 Å². The van der Waals surface area contributed by atoms with Gasteiger partial charge in [0.1, 0.15) is 0 Å².